The van der Waals surface area contributed by atoms with Crippen LogP contribution in [0.2, 0.25) is 0 Å². The molecule has 0 heterocycles. The summed E-state index contributed by atoms with van der Waals surface area (Å²) >= 11 is 0. The summed E-state index contributed by atoms with van der Waals surface area (Å²) in [5, 5.41) is 0. The molecule has 12 heavy (non-hydrogen) atoms. The fraction of sp³-hybridized carbons (Fsp3) is 0.500. The summed E-state index contributed by atoms with van der Waals surface area (Å²) < 4.78 is 0. The minimum atomic E-state index is 0. The van der Waals surface area contributed by atoms with Gasteiger partial charge in [-0.3, -0.25) is 4.79 Å². The van der Waals surface area contributed by atoms with Crippen LogP contribution in [0.25, 0.3) is 0 Å². The molecule has 0 fully saturated rings. The molecule has 0 aromatic carbocycles. The molecule has 2 heteroatoms. The second kappa shape index (κ2) is 8.21. The van der Waals surface area contributed by atoms with Crippen LogP contribution in [0, 0.1) is 0 Å². The Bertz CT molecular complexity index is 176. The standard InChI is InChI=1S/C10H16O.N/c1-9(2)5-4-6-10(3)7-8-11;/h5,7-8H,4,6H2,1-3H3;. The molecule has 0 amide bonds. The number of carbonyl (C=O) groups excluding carboxylic acids is 1. The van der Waals surface area contributed by atoms with Crippen molar-refractivity contribution < 1.29 is 4.79 Å². The zero-order valence-corrected chi connectivity index (χ0v) is 8.00. The number of allylic oxidation sites excluding steroid dienone is 4. The third-order valence-corrected chi connectivity index (χ3v) is 1.44. The Kier molecular flexibility index (Phi) is 9.36. The van der Waals surface area contributed by atoms with Crippen LogP contribution in [-0.4, -0.2) is 6.29 Å². The van der Waals surface area contributed by atoms with Gasteiger partial charge >= 0.3 is 0 Å². The van der Waals surface area contributed by atoms with Crippen molar-refractivity contribution in [1.29, 1.82) is 0 Å². The van der Waals surface area contributed by atoms with Crippen LogP contribution in [0.15, 0.2) is 23.3 Å². The average molecular weight is 166 g/mol. The van der Waals surface area contributed by atoms with E-state index in [-0.39, 0.29) is 6.15 Å². The van der Waals surface area contributed by atoms with Crippen molar-refractivity contribution in [3.63, 3.8) is 0 Å². The van der Waals surface area contributed by atoms with E-state index in [4.69, 9.17) is 0 Å². The molecular weight excluding hydrogens is 150 g/mol. The molecule has 67 valence electrons. The van der Waals surface area contributed by atoms with Crippen molar-refractivity contribution in [1.82, 2.24) is 6.15 Å². The first kappa shape index (κ1) is 13.7. The van der Waals surface area contributed by atoms with Gasteiger partial charge in [0.05, 0.1) is 0 Å². The van der Waals surface area contributed by atoms with Gasteiger partial charge < -0.3 is 0 Å². The molecule has 0 bridgehead atoms. The van der Waals surface area contributed by atoms with Crippen LogP contribution >= 0.6 is 0 Å². The zero-order valence-electron chi connectivity index (χ0n) is 8.00. The molecule has 0 aromatic rings. The van der Waals surface area contributed by atoms with Crippen molar-refractivity contribution in [2.75, 3.05) is 0 Å². The first-order chi connectivity index (χ1) is 5.16. The second-order valence-corrected chi connectivity index (χ2v) is 2.97. The Morgan fingerprint density at radius 3 is 2.25 bits per heavy atom. The number of nitrogens with zero attached hydrogens (tertiary/aromatic N) is 1. The largest absolute Gasteiger partial charge is 0.299 e. The van der Waals surface area contributed by atoms with Gasteiger partial charge in [0.2, 0.25) is 0 Å². The first-order valence-electron chi connectivity index (χ1n) is 3.91. The van der Waals surface area contributed by atoms with E-state index in [0.717, 1.165) is 24.7 Å². The predicted molar refractivity (Wildman–Crippen MR) is 50.6 cm³/mol. The van der Waals surface area contributed by atoms with Crippen molar-refractivity contribution in [2.45, 2.75) is 33.6 Å². The van der Waals surface area contributed by atoms with E-state index >= 15 is 0 Å². The molecule has 2 nitrogen and oxygen atoms in total. The maximum Gasteiger partial charge on any atom is 0.142 e. The Labute approximate surface area is 74.9 Å². The average Bonchev–Trinajstić information content (AvgIpc) is 1.87. The number of hydrogen-bond donors (Lipinski definition) is 0. The first-order valence-corrected chi connectivity index (χ1v) is 3.91. The molecule has 0 N–H and O–H groups in total. The Morgan fingerprint density at radius 1 is 1.25 bits per heavy atom. The van der Waals surface area contributed by atoms with Gasteiger partial charge in [-0.15, -0.1) is 0 Å². The molecule has 0 atom stereocenters. The van der Waals surface area contributed by atoms with Crippen molar-refractivity contribution in [3.8, 4) is 0 Å². The molecule has 0 aliphatic heterocycles. The molecule has 0 aliphatic carbocycles. The van der Waals surface area contributed by atoms with Gasteiger partial charge in [-0.1, -0.05) is 17.2 Å². The van der Waals surface area contributed by atoms with E-state index in [2.05, 4.69) is 19.9 Å². The fourth-order valence-electron chi connectivity index (χ4n) is 0.788. The summed E-state index contributed by atoms with van der Waals surface area (Å²) in [6.07, 6.45) is 6.68. The molecule has 0 saturated heterocycles. The lowest BCUT2D eigenvalue weighted by Crippen LogP contribution is -1.77. The zero-order chi connectivity index (χ0) is 8.69. The normalized spacial score (nSPS) is 10.1. The van der Waals surface area contributed by atoms with Crippen LogP contribution in [0.4, 0.5) is 0 Å². The second-order valence-electron chi connectivity index (χ2n) is 2.97. The molecule has 3 radical (unpaired) electrons. The lowest BCUT2D eigenvalue weighted by Gasteiger charge is -1.94. The van der Waals surface area contributed by atoms with Crippen LogP contribution in [0.3, 0.4) is 0 Å². The van der Waals surface area contributed by atoms with Gasteiger partial charge in [0, 0.05) is 6.15 Å². The number of carbonyl (C=O) groups is 1. The van der Waals surface area contributed by atoms with E-state index in [9.17, 15) is 4.79 Å². The van der Waals surface area contributed by atoms with Gasteiger partial charge in [-0.05, 0) is 39.7 Å². The number of aldehydes is 1. The lowest BCUT2D eigenvalue weighted by molar-refractivity contribution is -0.104. The summed E-state index contributed by atoms with van der Waals surface area (Å²) in [5.41, 5.74) is 2.49. The van der Waals surface area contributed by atoms with Crippen LogP contribution < -0.4 is 6.15 Å². The van der Waals surface area contributed by atoms with Gasteiger partial charge in [-0.25, -0.2) is 0 Å². The Morgan fingerprint density at radius 2 is 1.83 bits per heavy atom. The van der Waals surface area contributed by atoms with Crippen LogP contribution in [-0.2, 0) is 4.79 Å². The van der Waals surface area contributed by atoms with Crippen LogP contribution in [0.1, 0.15) is 33.6 Å². The van der Waals surface area contributed by atoms with Gasteiger partial charge in [0.25, 0.3) is 0 Å². The van der Waals surface area contributed by atoms with Crippen molar-refractivity contribution in [2.24, 2.45) is 0 Å². The quantitative estimate of drug-likeness (QED) is 0.359. The molecule has 0 saturated carbocycles. The monoisotopic (exact) mass is 166 g/mol. The highest BCUT2D eigenvalue weighted by Gasteiger charge is 1.86. The highest BCUT2D eigenvalue weighted by Crippen LogP contribution is 2.05. The highest BCUT2D eigenvalue weighted by molar-refractivity contribution is 5.65. The predicted octanol–water partition coefficient (Wildman–Crippen LogP) is 2.40. The summed E-state index contributed by atoms with van der Waals surface area (Å²) in [6, 6.07) is 0. The highest BCUT2D eigenvalue weighted by atomic mass is 16.1. The summed E-state index contributed by atoms with van der Waals surface area (Å²) in [5.74, 6) is 0. The molecule has 0 aliphatic rings. The van der Waals surface area contributed by atoms with E-state index in [1.807, 2.05) is 6.92 Å². The minimum Gasteiger partial charge on any atom is -0.299 e. The van der Waals surface area contributed by atoms with Crippen molar-refractivity contribution in [3.05, 3.63) is 23.3 Å². The maximum absolute atomic E-state index is 10.0. The van der Waals surface area contributed by atoms with E-state index < -0.39 is 0 Å². The minimum absolute atomic E-state index is 0. The summed E-state index contributed by atoms with van der Waals surface area (Å²) in [4.78, 5) is 10.0. The molecule has 0 unspecified atom stereocenters. The SMILES string of the molecule is CC(C)=CCCC(C)=CC=O.[N]. The molecule has 0 aromatic heterocycles. The van der Waals surface area contributed by atoms with E-state index in [1.54, 1.807) is 6.08 Å². The molecule has 0 spiro atoms. The number of hydrogen-bond acceptors (Lipinski definition) is 1. The summed E-state index contributed by atoms with van der Waals surface area (Å²) in [6.45, 7) is 6.14. The molecule has 0 rings (SSSR count). The molecular formula is C10H16NO. The summed E-state index contributed by atoms with van der Waals surface area (Å²) in [7, 11) is 0. The third kappa shape index (κ3) is 9.11. The van der Waals surface area contributed by atoms with Crippen LogP contribution in [0.5, 0.6) is 0 Å². The van der Waals surface area contributed by atoms with Crippen molar-refractivity contribution >= 4 is 6.29 Å². The smallest absolute Gasteiger partial charge is 0.142 e. The van der Waals surface area contributed by atoms with E-state index in [0.29, 0.717) is 0 Å². The van der Waals surface area contributed by atoms with Gasteiger partial charge in [0.15, 0.2) is 0 Å². The van der Waals surface area contributed by atoms with Gasteiger partial charge in [-0.2, -0.15) is 0 Å². The van der Waals surface area contributed by atoms with Gasteiger partial charge in [0.1, 0.15) is 6.29 Å². The fourth-order valence-corrected chi connectivity index (χ4v) is 0.788. The lowest BCUT2D eigenvalue weighted by atomic mass is 10.1. The Balaban J connectivity index is 0. The van der Waals surface area contributed by atoms with E-state index in [1.165, 1.54) is 5.57 Å². The number of rotatable bonds is 4. The topological polar surface area (TPSA) is 47.6 Å². The third-order valence-electron chi connectivity index (χ3n) is 1.44. The Hall–Kier alpha value is -0.890. The maximum atomic E-state index is 10.0.